The van der Waals surface area contributed by atoms with Crippen LogP contribution in [0.25, 0.3) is 0 Å². The fraction of sp³-hybridized carbons (Fsp3) is 0.0714. The van der Waals surface area contributed by atoms with Crippen molar-refractivity contribution in [3.63, 3.8) is 0 Å². The standard InChI is InChI=1S/C14H11NO4/c1-18-13(16)10-7-11(9-15-8-10)14(17)19-12-5-3-2-4-6-12/h2-9H,1H3. The number of hydrogen-bond donors (Lipinski definition) is 0. The maximum atomic E-state index is 11.9. The summed E-state index contributed by atoms with van der Waals surface area (Å²) in [5.41, 5.74) is 0.386. The molecule has 0 aliphatic carbocycles. The molecule has 96 valence electrons. The van der Waals surface area contributed by atoms with Crippen molar-refractivity contribution < 1.29 is 19.1 Å². The maximum absolute atomic E-state index is 11.9. The lowest BCUT2D eigenvalue weighted by atomic mass is 10.2. The van der Waals surface area contributed by atoms with E-state index in [0.717, 1.165) is 0 Å². The van der Waals surface area contributed by atoms with Crippen molar-refractivity contribution in [3.8, 4) is 5.75 Å². The van der Waals surface area contributed by atoms with Gasteiger partial charge in [0.15, 0.2) is 0 Å². The molecule has 0 saturated heterocycles. The number of nitrogens with zero attached hydrogens (tertiary/aromatic N) is 1. The lowest BCUT2D eigenvalue weighted by Gasteiger charge is -2.04. The zero-order valence-electron chi connectivity index (χ0n) is 10.2. The quantitative estimate of drug-likeness (QED) is 0.622. The second-order valence-corrected chi connectivity index (χ2v) is 3.66. The highest BCUT2D eigenvalue weighted by Gasteiger charge is 2.13. The van der Waals surface area contributed by atoms with Gasteiger partial charge in [-0.3, -0.25) is 4.98 Å². The topological polar surface area (TPSA) is 65.5 Å². The smallest absolute Gasteiger partial charge is 0.345 e. The van der Waals surface area contributed by atoms with E-state index < -0.39 is 11.9 Å². The third-order valence-corrected chi connectivity index (χ3v) is 2.35. The van der Waals surface area contributed by atoms with Crippen molar-refractivity contribution in [1.29, 1.82) is 0 Å². The van der Waals surface area contributed by atoms with Gasteiger partial charge in [-0.25, -0.2) is 9.59 Å². The average molecular weight is 257 g/mol. The number of para-hydroxylation sites is 1. The lowest BCUT2D eigenvalue weighted by molar-refractivity contribution is 0.0600. The minimum Gasteiger partial charge on any atom is -0.465 e. The van der Waals surface area contributed by atoms with Gasteiger partial charge in [-0.2, -0.15) is 0 Å². The predicted octanol–water partition coefficient (Wildman–Crippen LogP) is 2.09. The predicted molar refractivity (Wildman–Crippen MR) is 67.0 cm³/mol. The minimum atomic E-state index is -0.579. The van der Waals surface area contributed by atoms with Gasteiger partial charge >= 0.3 is 11.9 Å². The number of hydrogen-bond acceptors (Lipinski definition) is 5. The molecule has 0 unspecified atom stereocenters. The Morgan fingerprint density at radius 1 is 1.00 bits per heavy atom. The summed E-state index contributed by atoms with van der Waals surface area (Å²) in [4.78, 5) is 27.0. The van der Waals surface area contributed by atoms with Crippen molar-refractivity contribution in [3.05, 3.63) is 59.9 Å². The summed E-state index contributed by atoms with van der Waals surface area (Å²) in [5.74, 6) is -0.706. The molecule has 0 amide bonds. The summed E-state index contributed by atoms with van der Waals surface area (Å²) >= 11 is 0. The molecule has 0 aliphatic heterocycles. The molecule has 0 radical (unpaired) electrons. The van der Waals surface area contributed by atoms with Crippen molar-refractivity contribution >= 4 is 11.9 Å². The molecule has 0 spiro atoms. The summed E-state index contributed by atoms with van der Waals surface area (Å²) < 4.78 is 9.70. The van der Waals surface area contributed by atoms with E-state index in [9.17, 15) is 9.59 Å². The first-order valence-corrected chi connectivity index (χ1v) is 5.51. The molecule has 19 heavy (non-hydrogen) atoms. The molecule has 1 aromatic heterocycles. The Bertz CT molecular complexity index is 595. The molecular weight excluding hydrogens is 246 g/mol. The molecule has 0 aliphatic rings. The number of esters is 2. The summed E-state index contributed by atoms with van der Waals surface area (Å²) in [6.07, 6.45) is 2.66. The number of benzene rings is 1. The van der Waals surface area contributed by atoms with Crippen molar-refractivity contribution in [2.24, 2.45) is 0 Å². The molecular formula is C14H11NO4. The molecule has 0 saturated carbocycles. The van der Waals surface area contributed by atoms with Crippen LogP contribution in [-0.2, 0) is 4.74 Å². The van der Waals surface area contributed by atoms with E-state index in [0.29, 0.717) is 5.75 Å². The third-order valence-electron chi connectivity index (χ3n) is 2.35. The Balaban J connectivity index is 2.18. The number of carbonyl (C=O) groups is 2. The third kappa shape index (κ3) is 3.16. The SMILES string of the molecule is COC(=O)c1cncc(C(=O)Oc2ccccc2)c1. The van der Waals surface area contributed by atoms with Gasteiger partial charge in [-0.05, 0) is 18.2 Å². The number of carbonyl (C=O) groups excluding carboxylic acids is 2. The van der Waals surface area contributed by atoms with Gasteiger partial charge in [0, 0.05) is 12.4 Å². The van der Waals surface area contributed by atoms with Crippen LogP contribution in [0, 0.1) is 0 Å². The second kappa shape index (κ2) is 5.77. The fourth-order valence-corrected chi connectivity index (χ4v) is 1.44. The summed E-state index contributed by atoms with van der Waals surface area (Å²) in [6, 6.07) is 10.0. The van der Waals surface area contributed by atoms with Crippen LogP contribution in [0.2, 0.25) is 0 Å². The number of pyridine rings is 1. The van der Waals surface area contributed by atoms with E-state index in [4.69, 9.17) is 4.74 Å². The van der Waals surface area contributed by atoms with Gasteiger partial charge in [0.1, 0.15) is 5.75 Å². The molecule has 1 heterocycles. The Morgan fingerprint density at radius 3 is 2.26 bits per heavy atom. The molecule has 5 heteroatoms. The molecule has 1 aromatic carbocycles. The summed E-state index contributed by atoms with van der Waals surface area (Å²) in [7, 11) is 1.26. The molecule has 0 N–H and O–H groups in total. The number of methoxy groups -OCH3 is 1. The molecule has 5 nitrogen and oxygen atoms in total. The number of ether oxygens (including phenoxy) is 2. The first kappa shape index (κ1) is 12.8. The molecule has 0 bridgehead atoms. The number of aromatic nitrogens is 1. The van der Waals surface area contributed by atoms with Gasteiger partial charge in [-0.1, -0.05) is 18.2 Å². The van der Waals surface area contributed by atoms with Crippen LogP contribution in [0.4, 0.5) is 0 Å². The van der Waals surface area contributed by atoms with E-state index in [-0.39, 0.29) is 11.1 Å². The summed E-state index contributed by atoms with van der Waals surface area (Å²) in [5, 5.41) is 0. The number of rotatable bonds is 3. The van der Waals surface area contributed by atoms with Crippen molar-refractivity contribution in [1.82, 2.24) is 4.98 Å². The largest absolute Gasteiger partial charge is 0.465 e. The highest BCUT2D eigenvalue weighted by atomic mass is 16.5. The van der Waals surface area contributed by atoms with E-state index in [1.54, 1.807) is 24.3 Å². The monoisotopic (exact) mass is 257 g/mol. The average Bonchev–Trinajstić information content (AvgIpc) is 2.47. The van der Waals surface area contributed by atoms with Crippen LogP contribution >= 0.6 is 0 Å². The van der Waals surface area contributed by atoms with E-state index >= 15 is 0 Å². The molecule has 0 fully saturated rings. The van der Waals surface area contributed by atoms with Crippen LogP contribution < -0.4 is 4.74 Å². The van der Waals surface area contributed by atoms with Gasteiger partial charge in [0.05, 0.1) is 18.2 Å². The molecule has 0 atom stereocenters. The van der Waals surface area contributed by atoms with Gasteiger partial charge in [-0.15, -0.1) is 0 Å². The van der Waals surface area contributed by atoms with Gasteiger partial charge < -0.3 is 9.47 Å². The van der Waals surface area contributed by atoms with Crippen molar-refractivity contribution in [2.45, 2.75) is 0 Å². The van der Waals surface area contributed by atoms with Gasteiger partial charge in [0.2, 0.25) is 0 Å². The normalized spacial score (nSPS) is 9.74. The van der Waals surface area contributed by atoms with E-state index in [1.165, 1.54) is 25.6 Å². The maximum Gasteiger partial charge on any atom is 0.345 e. The first-order valence-electron chi connectivity index (χ1n) is 5.51. The Labute approximate surface area is 109 Å². The molecule has 2 aromatic rings. The highest BCUT2D eigenvalue weighted by molar-refractivity contribution is 5.95. The van der Waals surface area contributed by atoms with Crippen LogP contribution in [0.15, 0.2) is 48.8 Å². The van der Waals surface area contributed by atoms with Crippen molar-refractivity contribution in [2.75, 3.05) is 7.11 Å². The summed E-state index contributed by atoms with van der Waals surface area (Å²) in [6.45, 7) is 0. The minimum absolute atomic E-state index is 0.187. The first-order chi connectivity index (χ1) is 9.20. The fourth-order valence-electron chi connectivity index (χ4n) is 1.44. The van der Waals surface area contributed by atoms with Gasteiger partial charge in [0.25, 0.3) is 0 Å². The lowest BCUT2D eigenvalue weighted by Crippen LogP contribution is -2.11. The van der Waals surface area contributed by atoms with E-state index in [1.807, 2.05) is 6.07 Å². The zero-order valence-corrected chi connectivity index (χ0v) is 10.2. The second-order valence-electron chi connectivity index (χ2n) is 3.66. The van der Waals surface area contributed by atoms with Crippen LogP contribution in [-0.4, -0.2) is 24.0 Å². The van der Waals surface area contributed by atoms with Crippen LogP contribution in [0.5, 0.6) is 5.75 Å². The highest BCUT2D eigenvalue weighted by Crippen LogP contribution is 2.12. The molecule has 2 rings (SSSR count). The van der Waals surface area contributed by atoms with Crippen LogP contribution in [0.1, 0.15) is 20.7 Å². The Morgan fingerprint density at radius 2 is 1.63 bits per heavy atom. The Kier molecular flexibility index (Phi) is 3.87. The van der Waals surface area contributed by atoms with E-state index in [2.05, 4.69) is 9.72 Å². The Hall–Kier alpha value is -2.69. The zero-order chi connectivity index (χ0) is 13.7. The van der Waals surface area contributed by atoms with Crippen LogP contribution in [0.3, 0.4) is 0 Å².